The van der Waals surface area contributed by atoms with Crippen LogP contribution in [0.15, 0.2) is 0 Å². The van der Waals surface area contributed by atoms with Crippen molar-refractivity contribution >= 4 is 5.91 Å². The van der Waals surface area contributed by atoms with E-state index in [1.165, 1.54) is 4.90 Å². The van der Waals surface area contributed by atoms with Gasteiger partial charge in [-0.2, -0.15) is 13.2 Å². The van der Waals surface area contributed by atoms with Crippen molar-refractivity contribution in [3.63, 3.8) is 0 Å². The van der Waals surface area contributed by atoms with Crippen LogP contribution in [0.4, 0.5) is 13.2 Å². The quantitative estimate of drug-likeness (QED) is 0.815. The fraction of sp³-hybridized carbons (Fsp3) is 0.923. The van der Waals surface area contributed by atoms with Gasteiger partial charge >= 0.3 is 6.18 Å². The van der Waals surface area contributed by atoms with Crippen LogP contribution in [0.2, 0.25) is 0 Å². The monoisotopic (exact) mass is 297 g/mol. The Kier molecular flexibility index (Phi) is 6.26. The Balaban J connectivity index is 2.56. The smallest absolute Gasteiger partial charge is 0.389 e. The van der Waals surface area contributed by atoms with Gasteiger partial charge in [0.25, 0.3) is 0 Å². The molecule has 1 rings (SSSR count). The SMILES string of the molecule is COCC[C@]1(CO)CCCN(C(=O)CCC(F)(F)F)C1. The van der Waals surface area contributed by atoms with Crippen LogP contribution in [0, 0.1) is 5.41 Å². The maximum atomic E-state index is 12.1. The zero-order valence-corrected chi connectivity index (χ0v) is 11.7. The van der Waals surface area contributed by atoms with E-state index in [0.717, 1.165) is 6.42 Å². The molecule has 0 aromatic carbocycles. The zero-order chi connectivity index (χ0) is 15.2. The van der Waals surface area contributed by atoms with Crippen molar-refractivity contribution in [2.75, 3.05) is 33.4 Å². The van der Waals surface area contributed by atoms with E-state index in [4.69, 9.17) is 4.74 Å². The lowest BCUT2D eigenvalue weighted by Gasteiger charge is -2.42. The molecule has 0 aromatic rings. The molecule has 0 aliphatic carbocycles. The van der Waals surface area contributed by atoms with Crippen LogP contribution >= 0.6 is 0 Å². The summed E-state index contributed by atoms with van der Waals surface area (Å²) in [5.74, 6) is -0.489. The van der Waals surface area contributed by atoms with Gasteiger partial charge in [0.05, 0.1) is 13.0 Å². The van der Waals surface area contributed by atoms with Gasteiger partial charge in [-0.25, -0.2) is 0 Å². The lowest BCUT2D eigenvalue weighted by Crippen LogP contribution is -2.48. The molecule has 1 aliphatic rings. The standard InChI is InChI=1S/C13H22F3NO3/c1-20-8-6-12(10-18)4-2-7-17(9-12)11(19)3-5-13(14,15)16/h18H,2-10H2,1H3/t12-/m1/s1. The summed E-state index contributed by atoms with van der Waals surface area (Å²) >= 11 is 0. The van der Waals surface area contributed by atoms with E-state index < -0.39 is 30.3 Å². The fourth-order valence-electron chi connectivity index (χ4n) is 2.56. The van der Waals surface area contributed by atoms with Gasteiger partial charge in [0.15, 0.2) is 0 Å². The first-order valence-electron chi connectivity index (χ1n) is 6.76. The van der Waals surface area contributed by atoms with Crippen LogP contribution < -0.4 is 0 Å². The number of amides is 1. The minimum atomic E-state index is -4.31. The Hall–Kier alpha value is -0.820. The summed E-state index contributed by atoms with van der Waals surface area (Å²) in [6.45, 7) is 1.15. The highest BCUT2D eigenvalue weighted by molar-refractivity contribution is 5.76. The third kappa shape index (κ3) is 5.28. The van der Waals surface area contributed by atoms with Crippen molar-refractivity contribution in [3.8, 4) is 0 Å². The highest BCUT2D eigenvalue weighted by atomic mass is 19.4. The van der Waals surface area contributed by atoms with Gasteiger partial charge in [-0.15, -0.1) is 0 Å². The summed E-state index contributed by atoms with van der Waals surface area (Å²) in [5.41, 5.74) is -0.442. The van der Waals surface area contributed by atoms with Crippen LogP contribution in [-0.4, -0.2) is 55.5 Å². The van der Waals surface area contributed by atoms with Gasteiger partial charge in [0.2, 0.25) is 5.91 Å². The minimum Gasteiger partial charge on any atom is -0.396 e. The average molecular weight is 297 g/mol. The van der Waals surface area contributed by atoms with Gasteiger partial charge in [0.1, 0.15) is 0 Å². The Morgan fingerprint density at radius 2 is 2.15 bits per heavy atom. The third-order valence-corrected chi connectivity index (χ3v) is 3.81. The van der Waals surface area contributed by atoms with E-state index >= 15 is 0 Å². The number of carbonyl (C=O) groups excluding carboxylic acids is 1. The van der Waals surface area contributed by atoms with E-state index in [9.17, 15) is 23.1 Å². The molecular formula is C13H22F3NO3. The number of alkyl halides is 3. The molecular weight excluding hydrogens is 275 g/mol. The van der Waals surface area contributed by atoms with E-state index in [-0.39, 0.29) is 6.61 Å². The van der Waals surface area contributed by atoms with Gasteiger partial charge in [-0.3, -0.25) is 4.79 Å². The zero-order valence-electron chi connectivity index (χ0n) is 11.7. The number of halogens is 3. The number of ether oxygens (including phenoxy) is 1. The minimum absolute atomic E-state index is 0.0839. The van der Waals surface area contributed by atoms with Crippen LogP contribution in [-0.2, 0) is 9.53 Å². The number of likely N-dealkylation sites (tertiary alicyclic amines) is 1. The lowest BCUT2D eigenvalue weighted by molar-refractivity contribution is -0.151. The second-order valence-corrected chi connectivity index (χ2v) is 5.43. The molecule has 0 spiro atoms. The molecule has 7 heteroatoms. The molecule has 0 saturated carbocycles. The first-order chi connectivity index (χ1) is 9.32. The number of piperidine rings is 1. The molecule has 1 N–H and O–H groups in total. The molecule has 0 aromatic heterocycles. The number of carbonyl (C=O) groups is 1. The Morgan fingerprint density at radius 1 is 1.45 bits per heavy atom. The van der Waals surface area contributed by atoms with Gasteiger partial charge in [-0.1, -0.05) is 0 Å². The number of methoxy groups -OCH3 is 1. The number of hydrogen-bond acceptors (Lipinski definition) is 3. The number of rotatable bonds is 6. The molecule has 1 heterocycles. The second-order valence-electron chi connectivity index (χ2n) is 5.43. The van der Waals surface area contributed by atoms with E-state index in [1.54, 1.807) is 7.11 Å². The summed E-state index contributed by atoms with van der Waals surface area (Å²) in [7, 11) is 1.56. The second kappa shape index (κ2) is 7.26. The summed E-state index contributed by atoms with van der Waals surface area (Å²) in [6, 6.07) is 0. The van der Waals surface area contributed by atoms with Crippen molar-refractivity contribution in [1.29, 1.82) is 0 Å². The lowest BCUT2D eigenvalue weighted by atomic mass is 9.78. The molecule has 1 aliphatic heterocycles. The van der Waals surface area contributed by atoms with Crippen molar-refractivity contribution in [3.05, 3.63) is 0 Å². The van der Waals surface area contributed by atoms with Gasteiger partial charge < -0.3 is 14.7 Å². The largest absolute Gasteiger partial charge is 0.396 e. The van der Waals surface area contributed by atoms with E-state index in [2.05, 4.69) is 0 Å². The van der Waals surface area contributed by atoms with Crippen LogP contribution in [0.3, 0.4) is 0 Å². The number of nitrogens with zero attached hydrogens (tertiary/aromatic N) is 1. The fourth-order valence-corrected chi connectivity index (χ4v) is 2.56. The molecule has 118 valence electrons. The molecule has 20 heavy (non-hydrogen) atoms. The summed E-state index contributed by atoms with van der Waals surface area (Å²) < 4.78 is 41.4. The summed E-state index contributed by atoms with van der Waals surface area (Å²) in [5, 5.41) is 9.55. The van der Waals surface area contributed by atoms with Gasteiger partial charge in [0, 0.05) is 38.6 Å². The van der Waals surface area contributed by atoms with E-state index in [0.29, 0.717) is 32.5 Å². The molecule has 0 bridgehead atoms. The maximum absolute atomic E-state index is 12.1. The van der Waals surface area contributed by atoms with Gasteiger partial charge in [-0.05, 0) is 19.3 Å². The normalized spacial score (nSPS) is 23.9. The number of aliphatic hydroxyl groups is 1. The Morgan fingerprint density at radius 3 is 2.70 bits per heavy atom. The van der Waals surface area contributed by atoms with Crippen LogP contribution in [0.5, 0.6) is 0 Å². The molecule has 1 atom stereocenters. The van der Waals surface area contributed by atoms with Crippen molar-refractivity contribution in [2.24, 2.45) is 5.41 Å². The molecule has 1 fully saturated rings. The van der Waals surface area contributed by atoms with Crippen LogP contribution in [0.25, 0.3) is 0 Å². The predicted octanol–water partition coefficient (Wildman–Crippen LogP) is 1.97. The Bertz CT molecular complexity index is 322. The number of aliphatic hydroxyl groups excluding tert-OH is 1. The topological polar surface area (TPSA) is 49.8 Å². The molecule has 0 unspecified atom stereocenters. The Labute approximate surface area is 116 Å². The summed E-state index contributed by atoms with van der Waals surface area (Å²) in [6.07, 6.45) is -3.86. The maximum Gasteiger partial charge on any atom is 0.389 e. The summed E-state index contributed by atoms with van der Waals surface area (Å²) in [4.78, 5) is 13.3. The molecule has 0 radical (unpaired) electrons. The first kappa shape index (κ1) is 17.2. The average Bonchev–Trinajstić information content (AvgIpc) is 2.42. The molecule has 4 nitrogen and oxygen atoms in total. The highest BCUT2D eigenvalue weighted by Crippen LogP contribution is 2.33. The number of hydrogen-bond donors (Lipinski definition) is 1. The van der Waals surface area contributed by atoms with Crippen molar-refractivity contribution in [2.45, 2.75) is 38.3 Å². The van der Waals surface area contributed by atoms with Crippen molar-refractivity contribution in [1.82, 2.24) is 4.90 Å². The highest BCUT2D eigenvalue weighted by Gasteiger charge is 2.37. The predicted molar refractivity (Wildman–Crippen MR) is 67.1 cm³/mol. The first-order valence-corrected chi connectivity index (χ1v) is 6.76. The van der Waals surface area contributed by atoms with Crippen molar-refractivity contribution < 1.29 is 27.8 Å². The van der Waals surface area contributed by atoms with E-state index in [1.807, 2.05) is 0 Å². The third-order valence-electron chi connectivity index (χ3n) is 3.81. The molecule has 1 saturated heterocycles. The van der Waals surface area contributed by atoms with Crippen LogP contribution in [0.1, 0.15) is 32.1 Å². The molecule has 1 amide bonds.